The lowest BCUT2D eigenvalue weighted by molar-refractivity contribution is -0.118. The van der Waals surface area contributed by atoms with Gasteiger partial charge in [0, 0.05) is 6.20 Å². The molecular weight excluding hydrogens is 234 g/mol. The highest BCUT2D eigenvalue weighted by molar-refractivity contribution is 8.01. The number of nitriles is 1. The molecule has 1 amide bonds. The standard InChI is InChI=1S/C12H13N3OS/c1-12(5-2-6-17-12)11(16)15-10-4-3-9(7-13)8-14-10/h3-4,8H,2,5-6H2,1H3,(H,14,15,16). The van der Waals surface area contributed by atoms with E-state index in [9.17, 15) is 4.79 Å². The van der Waals surface area contributed by atoms with Gasteiger partial charge in [0.1, 0.15) is 11.9 Å². The monoisotopic (exact) mass is 247 g/mol. The Morgan fingerprint density at radius 2 is 2.47 bits per heavy atom. The summed E-state index contributed by atoms with van der Waals surface area (Å²) in [6.07, 6.45) is 3.44. The van der Waals surface area contributed by atoms with Gasteiger partial charge in [-0.05, 0) is 37.7 Å². The average molecular weight is 247 g/mol. The third kappa shape index (κ3) is 2.59. The van der Waals surface area contributed by atoms with Crippen LogP contribution in [0.3, 0.4) is 0 Å². The molecule has 1 aliphatic heterocycles. The van der Waals surface area contributed by atoms with Gasteiger partial charge in [-0.15, -0.1) is 11.8 Å². The average Bonchev–Trinajstić information content (AvgIpc) is 2.78. The van der Waals surface area contributed by atoms with E-state index >= 15 is 0 Å². The van der Waals surface area contributed by atoms with Gasteiger partial charge < -0.3 is 5.32 Å². The molecule has 0 aromatic carbocycles. The summed E-state index contributed by atoms with van der Waals surface area (Å²) in [5.74, 6) is 1.53. The Hall–Kier alpha value is -1.54. The predicted molar refractivity (Wildman–Crippen MR) is 67.7 cm³/mol. The molecule has 1 aliphatic rings. The molecule has 1 fully saturated rings. The second kappa shape index (κ2) is 4.76. The molecule has 0 saturated carbocycles. The number of thioether (sulfide) groups is 1. The SMILES string of the molecule is CC1(C(=O)Nc2ccc(C#N)cn2)CCCS1. The lowest BCUT2D eigenvalue weighted by atomic mass is 10.1. The van der Waals surface area contributed by atoms with Crippen molar-refractivity contribution >= 4 is 23.5 Å². The van der Waals surface area contributed by atoms with Crippen molar-refractivity contribution in [3.63, 3.8) is 0 Å². The van der Waals surface area contributed by atoms with Gasteiger partial charge in [0.05, 0.1) is 10.3 Å². The third-order valence-electron chi connectivity index (χ3n) is 2.83. The lowest BCUT2D eigenvalue weighted by Gasteiger charge is -2.20. The number of carbonyl (C=O) groups is 1. The van der Waals surface area contributed by atoms with Crippen molar-refractivity contribution in [3.8, 4) is 6.07 Å². The Balaban J connectivity index is 2.05. The first kappa shape index (κ1) is 11.9. The zero-order valence-electron chi connectivity index (χ0n) is 9.56. The van der Waals surface area contributed by atoms with Crippen LogP contribution in [0.1, 0.15) is 25.3 Å². The highest BCUT2D eigenvalue weighted by atomic mass is 32.2. The normalized spacial score (nSPS) is 23.1. The summed E-state index contributed by atoms with van der Waals surface area (Å²) in [5, 5.41) is 11.4. The number of hydrogen-bond acceptors (Lipinski definition) is 4. The van der Waals surface area contributed by atoms with E-state index in [2.05, 4.69) is 10.3 Å². The first-order valence-corrected chi connectivity index (χ1v) is 6.44. The van der Waals surface area contributed by atoms with Crippen LogP contribution >= 0.6 is 11.8 Å². The highest BCUT2D eigenvalue weighted by Gasteiger charge is 2.37. The van der Waals surface area contributed by atoms with Gasteiger partial charge in [0.15, 0.2) is 0 Å². The first-order valence-electron chi connectivity index (χ1n) is 5.46. The minimum Gasteiger partial charge on any atom is -0.309 e. The van der Waals surface area contributed by atoms with Gasteiger partial charge in [-0.2, -0.15) is 5.26 Å². The molecule has 0 spiro atoms. The quantitative estimate of drug-likeness (QED) is 0.869. The third-order valence-corrected chi connectivity index (χ3v) is 4.35. The summed E-state index contributed by atoms with van der Waals surface area (Å²) >= 11 is 1.69. The summed E-state index contributed by atoms with van der Waals surface area (Å²) in [6, 6.07) is 5.29. The van der Waals surface area contributed by atoms with Gasteiger partial charge in [-0.1, -0.05) is 0 Å². The molecular formula is C12H13N3OS. The largest absolute Gasteiger partial charge is 0.309 e. The first-order chi connectivity index (χ1) is 8.14. The molecule has 17 heavy (non-hydrogen) atoms. The molecule has 0 radical (unpaired) electrons. The Morgan fingerprint density at radius 1 is 1.65 bits per heavy atom. The maximum atomic E-state index is 12.1. The smallest absolute Gasteiger partial charge is 0.241 e. The fraction of sp³-hybridized carbons (Fsp3) is 0.417. The van der Waals surface area contributed by atoms with Crippen molar-refractivity contribution < 1.29 is 4.79 Å². The van der Waals surface area contributed by atoms with Crippen LogP contribution in [0.25, 0.3) is 0 Å². The van der Waals surface area contributed by atoms with Crippen molar-refractivity contribution in [1.29, 1.82) is 5.26 Å². The molecule has 1 aromatic heterocycles. The minimum atomic E-state index is -0.338. The Labute approximate surface area is 104 Å². The summed E-state index contributed by atoms with van der Waals surface area (Å²) in [5.41, 5.74) is 0.490. The summed E-state index contributed by atoms with van der Waals surface area (Å²) in [6.45, 7) is 1.96. The zero-order valence-corrected chi connectivity index (χ0v) is 10.4. The number of anilines is 1. The molecule has 4 nitrogen and oxygen atoms in total. The molecule has 0 bridgehead atoms. The van der Waals surface area contributed by atoms with E-state index in [1.165, 1.54) is 6.20 Å². The van der Waals surface area contributed by atoms with Crippen molar-refractivity contribution in [2.24, 2.45) is 0 Å². The number of carbonyl (C=O) groups excluding carboxylic acids is 1. The summed E-state index contributed by atoms with van der Waals surface area (Å²) in [7, 11) is 0. The van der Waals surface area contributed by atoms with Crippen LogP contribution in [0.5, 0.6) is 0 Å². The van der Waals surface area contributed by atoms with Crippen LogP contribution in [0, 0.1) is 11.3 Å². The van der Waals surface area contributed by atoms with Crippen LogP contribution in [-0.2, 0) is 4.79 Å². The molecule has 1 unspecified atom stereocenters. The van der Waals surface area contributed by atoms with Crippen molar-refractivity contribution in [1.82, 2.24) is 4.98 Å². The van der Waals surface area contributed by atoms with Crippen LogP contribution in [0.4, 0.5) is 5.82 Å². The van der Waals surface area contributed by atoms with Crippen LogP contribution in [0.2, 0.25) is 0 Å². The van der Waals surface area contributed by atoms with Gasteiger partial charge in [-0.3, -0.25) is 4.79 Å². The fourth-order valence-electron chi connectivity index (χ4n) is 1.74. The highest BCUT2D eigenvalue weighted by Crippen LogP contribution is 2.38. The van der Waals surface area contributed by atoms with E-state index < -0.39 is 0 Å². The van der Waals surface area contributed by atoms with E-state index in [1.54, 1.807) is 23.9 Å². The van der Waals surface area contributed by atoms with E-state index in [-0.39, 0.29) is 10.7 Å². The van der Waals surface area contributed by atoms with E-state index in [0.29, 0.717) is 11.4 Å². The van der Waals surface area contributed by atoms with Gasteiger partial charge in [-0.25, -0.2) is 4.98 Å². The molecule has 1 aromatic rings. The number of rotatable bonds is 2. The topological polar surface area (TPSA) is 65.8 Å². The molecule has 1 atom stereocenters. The van der Waals surface area contributed by atoms with Crippen molar-refractivity contribution in [2.45, 2.75) is 24.5 Å². The predicted octanol–water partition coefficient (Wildman–Crippen LogP) is 2.18. The number of nitrogens with zero attached hydrogens (tertiary/aromatic N) is 2. The Kier molecular flexibility index (Phi) is 3.34. The second-order valence-electron chi connectivity index (χ2n) is 4.18. The van der Waals surface area contributed by atoms with Gasteiger partial charge >= 0.3 is 0 Å². The van der Waals surface area contributed by atoms with Crippen LogP contribution in [0.15, 0.2) is 18.3 Å². The second-order valence-corrected chi connectivity index (χ2v) is 5.78. The maximum absolute atomic E-state index is 12.1. The Morgan fingerprint density at radius 3 is 3.00 bits per heavy atom. The van der Waals surface area contributed by atoms with E-state index in [4.69, 9.17) is 5.26 Å². The Bertz CT molecular complexity index is 458. The number of pyridine rings is 1. The molecule has 1 N–H and O–H groups in total. The number of nitrogens with one attached hydrogen (secondary N) is 1. The molecule has 2 heterocycles. The van der Waals surface area contributed by atoms with Gasteiger partial charge in [0.2, 0.25) is 5.91 Å². The van der Waals surface area contributed by atoms with Gasteiger partial charge in [0.25, 0.3) is 0 Å². The number of aromatic nitrogens is 1. The maximum Gasteiger partial charge on any atom is 0.241 e. The van der Waals surface area contributed by atoms with Crippen LogP contribution < -0.4 is 5.32 Å². The van der Waals surface area contributed by atoms with E-state index in [1.807, 2.05) is 13.0 Å². The van der Waals surface area contributed by atoms with Crippen molar-refractivity contribution in [2.75, 3.05) is 11.1 Å². The molecule has 0 aliphatic carbocycles. The summed E-state index contributed by atoms with van der Waals surface area (Å²) < 4.78 is -0.338. The van der Waals surface area contributed by atoms with Crippen LogP contribution in [-0.4, -0.2) is 21.4 Å². The van der Waals surface area contributed by atoms with Crippen molar-refractivity contribution in [3.05, 3.63) is 23.9 Å². The molecule has 1 saturated heterocycles. The van der Waals surface area contributed by atoms with E-state index in [0.717, 1.165) is 18.6 Å². The summed E-state index contributed by atoms with van der Waals surface area (Å²) in [4.78, 5) is 16.1. The molecule has 5 heteroatoms. The number of amides is 1. The minimum absolute atomic E-state index is 0.00259. The number of hydrogen-bond donors (Lipinski definition) is 1. The fourth-order valence-corrected chi connectivity index (χ4v) is 2.95. The zero-order chi connectivity index (χ0) is 12.3. The molecule has 88 valence electrons. The lowest BCUT2D eigenvalue weighted by Crippen LogP contribution is -2.34. The molecule has 2 rings (SSSR count).